The molecule has 1 aliphatic rings. The van der Waals surface area contributed by atoms with Gasteiger partial charge in [-0.25, -0.2) is 0 Å². The van der Waals surface area contributed by atoms with E-state index < -0.39 is 0 Å². The first kappa shape index (κ1) is 2.66. The lowest BCUT2D eigenvalue weighted by Gasteiger charge is -1.74. The smallest absolute Gasteiger partial charge is 0.0560 e. The van der Waals surface area contributed by atoms with Crippen LogP contribution in [0.3, 0.4) is 0 Å². The number of hydrogen-bond acceptors (Lipinski definition) is 2. The van der Waals surface area contributed by atoms with Crippen molar-refractivity contribution in [1.29, 1.82) is 0 Å². The van der Waals surface area contributed by atoms with E-state index in [1.807, 2.05) is 0 Å². The molecule has 0 saturated heterocycles. The third kappa shape index (κ3) is 0.357. The minimum atomic E-state index is 0.792. The van der Waals surface area contributed by atoms with Crippen LogP contribution in [0.15, 0.2) is 5.10 Å². The first-order chi connectivity index (χ1) is 2.50. The van der Waals surface area contributed by atoms with E-state index in [0.29, 0.717) is 0 Å². The van der Waals surface area contributed by atoms with Crippen LogP contribution in [0.2, 0.25) is 0 Å². The lowest BCUT2D eigenvalue weighted by Crippen LogP contribution is -2.12. The minimum Gasteiger partial charge on any atom is -0.189 e. The van der Waals surface area contributed by atoms with Gasteiger partial charge in [0.25, 0.3) is 0 Å². The Bertz CT molecular complexity index is 42.9. The summed E-state index contributed by atoms with van der Waals surface area (Å²) in [6, 6.07) is 0. The Balaban J connectivity index is 2.32. The maximum atomic E-state index is 3.47. The van der Waals surface area contributed by atoms with E-state index in [-0.39, 0.29) is 0 Å². The summed E-state index contributed by atoms with van der Waals surface area (Å²) in [5.41, 5.74) is 6.03. The highest BCUT2D eigenvalue weighted by molar-refractivity contribution is 5.60. The monoisotopic (exact) mass is 70.0 g/mol. The summed E-state index contributed by atoms with van der Waals surface area (Å²) < 4.78 is 0. The largest absolute Gasteiger partial charge is 0.189 e. The third-order valence-electron chi connectivity index (χ3n) is 0.393. The molecule has 0 aromatic carbocycles. The quantitative estimate of drug-likeness (QED) is 0.394. The van der Waals surface area contributed by atoms with Crippen LogP contribution in [0.25, 0.3) is 0 Å². The van der Waals surface area contributed by atoms with Crippen molar-refractivity contribution in [3.8, 4) is 0 Å². The zero-order valence-corrected chi connectivity index (χ0v) is 2.68. The molecule has 0 spiro atoms. The average Bonchev–Trinajstić information content (AvgIpc) is 1.76. The molecule has 1 radical (unpaired) electrons. The van der Waals surface area contributed by atoms with Gasteiger partial charge in [-0.3, -0.25) is 0 Å². The van der Waals surface area contributed by atoms with Crippen molar-refractivity contribution in [3.05, 3.63) is 0 Å². The summed E-state index contributed by atoms with van der Waals surface area (Å²) in [5.74, 6) is 0. The van der Waals surface area contributed by atoms with Crippen molar-refractivity contribution >= 4 is 6.21 Å². The highest BCUT2D eigenvalue weighted by Gasteiger charge is 1.83. The van der Waals surface area contributed by atoms with Crippen LogP contribution in [0.1, 0.15) is 0 Å². The van der Waals surface area contributed by atoms with Gasteiger partial charge in [-0.15, -0.1) is 5.10 Å². The number of nitrogens with zero attached hydrogens (tertiary/aromatic N) is 2. The zero-order valence-electron chi connectivity index (χ0n) is 2.68. The third-order valence-corrected chi connectivity index (χ3v) is 0.393. The number of nitrogens with one attached hydrogen (secondary N) is 1. The van der Waals surface area contributed by atoms with E-state index in [2.05, 4.69) is 16.1 Å². The lowest BCUT2D eigenvalue weighted by molar-refractivity contribution is 0.637. The molecular formula is C2H4N3. The van der Waals surface area contributed by atoms with Gasteiger partial charge in [0.05, 0.1) is 6.54 Å². The molecule has 0 aliphatic carbocycles. The van der Waals surface area contributed by atoms with Crippen LogP contribution in [0, 0.1) is 0 Å². The molecule has 1 aliphatic heterocycles. The molecule has 0 amide bonds. The summed E-state index contributed by atoms with van der Waals surface area (Å²) in [6.07, 6.45) is 1.71. The molecule has 0 aromatic rings. The standard InChI is InChI=1S/C2H4N3/c1-2-4-5-3-1/h1,4H,2H2. The van der Waals surface area contributed by atoms with Gasteiger partial charge in [0.1, 0.15) is 0 Å². The van der Waals surface area contributed by atoms with Gasteiger partial charge >= 0.3 is 0 Å². The molecule has 1 rings (SSSR count). The fourth-order valence-electron chi connectivity index (χ4n) is 0.204. The van der Waals surface area contributed by atoms with Crippen molar-refractivity contribution in [3.63, 3.8) is 0 Å². The van der Waals surface area contributed by atoms with Gasteiger partial charge in [-0.2, -0.15) is 5.43 Å². The second-order valence-electron chi connectivity index (χ2n) is 0.760. The van der Waals surface area contributed by atoms with Gasteiger partial charge in [-0.05, 0) is 0 Å². The first-order valence-electron chi connectivity index (χ1n) is 1.44. The highest BCUT2D eigenvalue weighted by Crippen LogP contribution is 1.61. The second kappa shape index (κ2) is 1.03. The van der Waals surface area contributed by atoms with E-state index in [0.717, 1.165) is 6.54 Å². The molecule has 0 saturated carbocycles. The van der Waals surface area contributed by atoms with Crippen LogP contribution >= 0.6 is 0 Å². The second-order valence-corrected chi connectivity index (χ2v) is 0.760. The van der Waals surface area contributed by atoms with E-state index >= 15 is 0 Å². The summed E-state index contributed by atoms with van der Waals surface area (Å²) >= 11 is 0. The minimum absolute atomic E-state index is 0.792. The molecule has 27 valence electrons. The SMILES string of the molecule is C1=N[N]NC1. The Morgan fingerprint density at radius 1 is 1.80 bits per heavy atom. The predicted octanol–water partition coefficient (Wildman–Crippen LogP) is -0.905. The van der Waals surface area contributed by atoms with Gasteiger partial charge in [0.15, 0.2) is 0 Å². The van der Waals surface area contributed by atoms with Crippen LogP contribution < -0.4 is 11.0 Å². The Kier molecular flexibility index (Phi) is 0.548. The van der Waals surface area contributed by atoms with Gasteiger partial charge < -0.3 is 0 Å². The van der Waals surface area contributed by atoms with Gasteiger partial charge in [0, 0.05) is 6.21 Å². The Morgan fingerprint density at radius 3 is 3.00 bits per heavy atom. The van der Waals surface area contributed by atoms with E-state index in [1.165, 1.54) is 0 Å². The molecule has 0 unspecified atom stereocenters. The van der Waals surface area contributed by atoms with Crippen LogP contribution in [0.5, 0.6) is 0 Å². The van der Waals surface area contributed by atoms with Crippen LogP contribution in [-0.4, -0.2) is 12.8 Å². The number of rotatable bonds is 0. The molecule has 0 atom stereocenters. The van der Waals surface area contributed by atoms with Crippen molar-refractivity contribution in [2.75, 3.05) is 6.54 Å². The topological polar surface area (TPSA) is 38.5 Å². The van der Waals surface area contributed by atoms with Gasteiger partial charge in [0.2, 0.25) is 0 Å². The maximum Gasteiger partial charge on any atom is 0.0560 e. The van der Waals surface area contributed by atoms with Crippen molar-refractivity contribution in [1.82, 2.24) is 11.0 Å². The predicted molar refractivity (Wildman–Crippen MR) is 18.6 cm³/mol. The summed E-state index contributed by atoms with van der Waals surface area (Å²) in [5, 5.41) is 3.47. The Hall–Kier alpha value is -0.570. The van der Waals surface area contributed by atoms with Crippen molar-refractivity contribution < 1.29 is 0 Å². The fourth-order valence-corrected chi connectivity index (χ4v) is 0.204. The first-order valence-corrected chi connectivity index (χ1v) is 1.44. The lowest BCUT2D eigenvalue weighted by atomic mass is 10.8. The molecule has 1 N–H and O–H groups in total. The van der Waals surface area contributed by atoms with Crippen molar-refractivity contribution in [2.45, 2.75) is 0 Å². The summed E-state index contributed by atoms with van der Waals surface area (Å²) in [6.45, 7) is 0.792. The molecule has 3 nitrogen and oxygen atoms in total. The molecule has 5 heavy (non-hydrogen) atoms. The molecule has 3 heteroatoms. The maximum absolute atomic E-state index is 3.47. The average molecular weight is 70.1 g/mol. The van der Waals surface area contributed by atoms with E-state index in [4.69, 9.17) is 0 Å². The Morgan fingerprint density at radius 2 is 2.80 bits per heavy atom. The summed E-state index contributed by atoms with van der Waals surface area (Å²) in [7, 11) is 0. The molecule has 0 fully saturated rings. The number of hydrogen-bond donors (Lipinski definition) is 1. The van der Waals surface area contributed by atoms with Gasteiger partial charge in [-0.1, -0.05) is 5.53 Å². The molecule has 0 aromatic heterocycles. The van der Waals surface area contributed by atoms with Crippen molar-refractivity contribution in [2.24, 2.45) is 5.10 Å². The molecule has 1 heterocycles. The fraction of sp³-hybridized carbons (Fsp3) is 0.500. The summed E-state index contributed by atoms with van der Waals surface area (Å²) in [4.78, 5) is 0. The molecular weight excluding hydrogens is 66.0 g/mol. The van der Waals surface area contributed by atoms with E-state index in [9.17, 15) is 0 Å². The Labute approximate surface area is 30.0 Å². The zero-order chi connectivity index (χ0) is 3.54. The van der Waals surface area contributed by atoms with Crippen LogP contribution in [0.4, 0.5) is 0 Å². The molecule has 0 bridgehead atoms. The highest BCUT2D eigenvalue weighted by atomic mass is 15.6. The van der Waals surface area contributed by atoms with E-state index in [1.54, 1.807) is 6.21 Å². The normalized spacial score (nSPS) is 19.2. The van der Waals surface area contributed by atoms with Crippen LogP contribution in [-0.2, 0) is 0 Å².